The topological polar surface area (TPSA) is 93.7 Å². The molecule has 0 saturated carbocycles. The number of amides is 2. The highest BCUT2D eigenvalue weighted by molar-refractivity contribution is 6.01. The first-order valence-electron chi connectivity index (χ1n) is 13.7. The average molecular weight is 553 g/mol. The summed E-state index contributed by atoms with van der Waals surface area (Å²) in [6.07, 6.45) is -0.978. The lowest BCUT2D eigenvalue weighted by Crippen LogP contribution is -2.46. The monoisotopic (exact) mass is 552 g/mol. The summed E-state index contributed by atoms with van der Waals surface area (Å²) in [6.45, 7) is 22.9. The molecule has 0 aliphatic carbocycles. The van der Waals surface area contributed by atoms with Crippen LogP contribution in [0.2, 0.25) is 0 Å². The molecule has 0 heterocycles. The minimum Gasteiger partial charge on any atom is -0.444 e. The number of carbonyl (C=O) groups is 3. The van der Waals surface area contributed by atoms with Gasteiger partial charge in [0.05, 0.1) is 12.1 Å². The maximum atomic E-state index is 12.4. The first-order valence-corrected chi connectivity index (χ1v) is 13.7. The van der Waals surface area contributed by atoms with Crippen molar-refractivity contribution in [3.05, 3.63) is 78.4 Å². The Morgan fingerprint density at radius 3 is 1.32 bits per heavy atom. The Morgan fingerprint density at radius 1 is 0.625 bits per heavy atom. The molecule has 2 rings (SSSR count). The number of carbonyl (C=O) groups excluding carboxylic acids is 3. The summed E-state index contributed by atoms with van der Waals surface area (Å²) < 4.78 is 10.5. The molecule has 0 fully saturated rings. The molecule has 0 aliphatic rings. The fraction of sp³-hybridized carbons (Fsp3) is 0.485. The summed E-state index contributed by atoms with van der Waals surface area (Å²) in [5, 5.41) is 5.57. The van der Waals surface area contributed by atoms with E-state index in [-0.39, 0.29) is 23.7 Å². The molecule has 0 aromatic heterocycles. The summed E-state index contributed by atoms with van der Waals surface area (Å²) in [5.74, 6) is 0.108. The molecule has 0 saturated heterocycles. The highest BCUT2D eigenvalue weighted by atomic mass is 16.6. The number of Topliss-reactive ketones (excluding diaryl/α,β-unsaturated/α-hetero) is 1. The van der Waals surface area contributed by atoms with E-state index in [4.69, 9.17) is 9.47 Å². The Balaban J connectivity index is 0.000000400. The molecular weight excluding hydrogens is 504 g/mol. The van der Waals surface area contributed by atoms with Crippen LogP contribution in [0.5, 0.6) is 0 Å². The van der Waals surface area contributed by atoms with Crippen molar-refractivity contribution < 1.29 is 23.9 Å². The van der Waals surface area contributed by atoms with Gasteiger partial charge >= 0.3 is 12.2 Å². The third kappa shape index (κ3) is 13.0. The molecule has 2 N–H and O–H groups in total. The minimum atomic E-state index is -0.591. The van der Waals surface area contributed by atoms with Crippen LogP contribution < -0.4 is 10.6 Å². The first-order chi connectivity index (χ1) is 18.4. The van der Waals surface area contributed by atoms with Crippen LogP contribution in [0.4, 0.5) is 9.59 Å². The zero-order valence-electron chi connectivity index (χ0n) is 25.8. The molecule has 40 heavy (non-hydrogen) atoms. The van der Waals surface area contributed by atoms with E-state index in [2.05, 4.69) is 31.1 Å². The van der Waals surface area contributed by atoms with Crippen molar-refractivity contribution in [1.82, 2.24) is 10.6 Å². The molecule has 7 heteroatoms. The van der Waals surface area contributed by atoms with Crippen LogP contribution in [-0.2, 0) is 9.47 Å². The normalized spacial score (nSPS) is 12.9. The average Bonchev–Trinajstić information content (AvgIpc) is 2.84. The lowest BCUT2D eigenvalue weighted by Gasteiger charge is -2.27. The smallest absolute Gasteiger partial charge is 0.408 e. The van der Waals surface area contributed by atoms with Gasteiger partial charge in [-0.25, -0.2) is 9.59 Å². The molecule has 220 valence electrons. The highest BCUT2D eigenvalue weighted by Crippen LogP contribution is 2.22. The number of ketones is 1. The van der Waals surface area contributed by atoms with E-state index in [1.807, 2.05) is 71.0 Å². The summed E-state index contributed by atoms with van der Waals surface area (Å²) in [6, 6.07) is 18.1. The van der Waals surface area contributed by atoms with Gasteiger partial charge < -0.3 is 20.1 Å². The van der Waals surface area contributed by atoms with Gasteiger partial charge in [0, 0.05) is 5.56 Å². The number of ether oxygens (including phenoxy) is 2. The maximum Gasteiger partial charge on any atom is 0.408 e. The number of hydrogen-bond donors (Lipinski definition) is 2. The van der Waals surface area contributed by atoms with Crippen molar-refractivity contribution in [3.8, 4) is 0 Å². The molecule has 0 bridgehead atoms. The third-order valence-corrected chi connectivity index (χ3v) is 5.54. The van der Waals surface area contributed by atoms with Gasteiger partial charge in [-0.3, -0.25) is 4.79 Å². The molecule has 2 aromatic rings. The van der Waals surface area contributed by atoms with Gasteiger partial charge in [-0.2, -0.15) is 0 Å². The Morgan fingerprint density at radius 2 is 0.975 bits per heavy atom. The van der Waals surface area contributed by atoms with E-state index < -0.39 is 29.4 Å². The first kappa shape index (κ1) is 34.4. The Labute approximate surface area is 240 Å². The zero-order chi connectivity index (χ0) is 30.7. The fourth-order valence-corrected chi connectivity index (χ4v) is 3.67. The molecule has 7 nitrogen and oxygen atoms in total. The SMILES string of the molecule is C=C(c1ccccc1)[C@@H](NC(=O)OC(C)(C)C)C(C)C.CC(C)[C@H](NC(=O)OC(C)(C)C)C(=O)c1ccccc1. The Bertz CT molecular complexity index is 1010. The lowest BCUT2D eigenvalue weighted by atomic mass is 9.92. The van der Waals surface area contributed by atoms with Gasteiger partial charge in [0.25, 0.3) is 0 Å². The van der Waals surface area contributed by atoms with Gasteiger partial charge in [0.15, 0.2) is 5.78 Å². The van der Waals surface area contributed by atoms with Crippen LogP contribution in [0.25, 0.3) is 5.57 Å². The predicted octanol–water partition coefficient (Wildman–Crippen LogP) is 7.67. The minimum absolute atomic E-state index is 0.0183. The standard InChI is InChI=1S/C17H25NO2.C16H23NO3/c1-12(2)15(18-16(19)20-17(4,5)6)13(3)14-10-8-7-9-11-14;1-11(2)13(17-15(19)20-16(3,4)5)14(18)12-9-7-6-8-10-12/h7-12,15H,3H2,1-2,4-6H3,(H,18,19);6-11,13H,1-5H3,(H,17,19)/t15-;13-/m00/s1. The van der Waals surface area contributed by atoms with Crippen LogP contribution in [0, 0.1) is 11.8 Å². The molecule has 2 aromatic carbocycles. The Kier molecular flexibility index (Phi) is 13.1. The molecule has 0 aliphatic heterocycles. The summed E-state index contributed by atoms with van der Waals surface area (Å²) in [4.78, 5) is 36.2. The number of hydrogen-bond acceptors (Lipinski definition) is 5. The van der Waals surface area contributed by atoms with Gasteiger partial charge in [0.1, 0.15) is 11.2 Å². The van der Waals surface area contributed by atoms with Gasteiger partial charge in [-0.15, -0.1) is 0 Å². The van der Waals surface area contributed by atoms with E-state index in [1.54, 1.807) is 45.0 Å². The lowest BCUT2D eigenvalue weighted by molar-refractivity contribution is 0.0473. The van der Waals surface area contributed by atoms with E-state index in [0.29, 0.717) is 5.56 Å². The van der Waals surface area contributed by atoms with Gasteiger partial charge in [-0.1, -0.05) is 94.9 Å². The molecule has 0 radical (unpaired) electrons. The summed E-state index contributed by atoms with van der Waals surface area (Å²) in [5.41, 5.74) is 1.43. The third-order valence-electron chi connectivity index (χ3n) is 5.54. The van der Waals surface area contributed by atoms with Crippen LogP contribution in [-0.4, -0.2) is 41.3 Å². The van der Waals surface area contributed by atoms with Crippen molar-refractivity contribution in [2.75, 3.05) is 0 Å². The zero-order valence-corrected chi connectivity index (χ0v) is 25.8. The van der Waals surface area contributed by atoms with Crippen LogP contribution in [0.3, 0.4) is 0 Å². The van der Waals surface area contributed by atoms with Crippen molar-refractivity contribution in [2.24, 2.45) is 11.8 Å². The molecular formula is C33H48N2O5. The van der Waals surface area contributed by atoms with Crippen molar-refractivity contribution in [1.29, 1.82) is 0 Å². The Hall–Kier alpha value is -3.61. The number of rotatable bonds is 8. The summed E-state index contributed by atoms with van der Waals surface area (Å²) >= 11 is 0. The maximum absolute atomic E-state index is 12.4. The van der Waals surface area contributed by atoms with E-state index >= 15 is 0 Å². The number of nitrogens with one attached hydrogen (secondary N) is 2. The second kappa shape index (κ2) is 15.2. The van der Waals surface area contributed by atoms with Gasteiger partial charge in [-0.05, 0) is 64.5 Å². The molecule has 0 unspecified atom stereocenters. The van der Waals surface area contributed by atoms with E-state index in [0.717, 1.165) is 11.1 Å². The molecule has 2 amide bonds. The largest absolute Gasteiger partial charge is 0.444 e. The van der Waals surface area contributed by atoms with Crippen LogP contribution in [0.15, 0.2) is 67.2 Å². The van der Waals surface area contributed by atoms with Crippen LogP contribution >= 0.6 is 0 Å². The molecule has 2 atom stereocenters. The second-order valence-electron chi connectivity index (χ2n) is 12.4. The van der Waals surface area contributed by atoms with Crippen molar-refractivity contribution in [2.45, 2.75) is 92.5 Å². The number of alkyl carbamates (subject to hydrolysis) is 2. The number of benzene rings is 2. The van der Waals surface area contributed by atoms with E-state index in [9.17, 15) is 14.4 Å². The van der Waals surface area contributed by atoms with E-state index in [1.165, 1.54) is 0 Å². The predicted molar refractivity (Wildman–Crippen MR) is 162 cm³/mol. The van der Waals surface area contributed by atoms with Crippen LogP contribution in [0.1, 0.15) is 85.2 Å². The second-order valence-corrected chi connectivity index (χ2v) is 12.4. The van der Waals surface area contributed by atoms with Crippen molar-refractivity contribution in [3.63, 3.8) is 0 Å². The summed E-state index contributed by atoms with van der Waals surface area (Å²) in [7, 11) is 0. The molecule has 0 spiro atoms. The quantitative estimate of drug-likeness (QED) is 0.328. The van der Waals surface area contributed by atoms with Crippen molar-refractivity contribution >= 4 is 23.5 Å². The van der Waals surface area contributed by atoms with Gasteiger partial charge in [0.2, 0.25) is 0 Å². The highest BCUT2D eigenvalue weighted by Gasteiger charge is 2.27. The fourth-order valence-electron chi connectivity index (χ4n) is 3.67.